The number of nitrogens with one attached hydrogen (secondary N) is 1. The number of sulfonamides is 1. The lowest BCUT2D eigenvalue weighted by Gasteiger charge is -2.14. The van der Waals surface area contributed by atoms with Crippen LogP contribution in [0.2, 0.25) is 0 Å². The van der Waals surface area contributed by atoms with Gasteiger partial charge in [-0.25, -0.2) is 13.4 Å². The quantitative estimate of drug-likeness (QED) is 0.657. The summed E-state index contributed by atoms with van der Waals surface area (Å²) in [5, 5.41) is 4.72. The van der Waals surface area contributed by atoms with E-state index in [1.54, 1.807) is 18.2 Å². The molecule has 0 atom stereocenters. The zero-order chi connectivity index (χ0) is 18.2. The Hall–Kier alpha value is -1.70. The maximum Gasteiger partial charge on any atom is 0.271 e. The molecule has 0 aliphatic carbocycles. The smallest absolute Gasteiger partial charge is 0.271 e. The van der Waals surface area contributed by atoms with E-state index < -0.39 is 10.0 Å². The van der Waals surface area contributed by atoms with Gasteiger partial charge in [0.1, 0.15) is 9.22 Å². The van der Waals surface area contributed by atoms with E-state index in [9.17, 15) is 8.42 Å². The van der Waals surface area contributed by atoms with Crippen molar-refractivity contribution in [2.24, 2.45) is 0 Å². The van der Waals surface area contributed by atoms with E-state index in [0.29, 0.717) is 5.69 Å². The van der Waals surface area contributed by atoms with Crippen molar-refractivity contribution < 1.29 is 8.42 Å². The molecule has 3 aromatic rings. The van der Waals surface area contributed by atoms with Gasteiger partial charge in [0.2, 0.25) is 0 Å². The largest absolute Gasteiger partial charge is 0.279 e. The zero-order valence-electron chi connectivity index (χ0n) is 14.5. The molecule has 0 saturated carbocycles. The molecular weight excluding hydrogens is 372 g/mol. The topological polar surface area (TPSA) is 59.1 Å². The summed E-state index contributed by atoms with van der Waals surface area (Å²) < 4.78 is 28.1. The first-order valence-corrected chi connectivity index (χ1v) is 11.0. The van der Waals surface area contributed by atoms with E-state index >= 15 is 0 Å². The Kier molecular flexibility index (Phi) is 4.74. The highest BCUT2D eigenvalue weighted by Gasteiger charge is 2.21. The Balaban J connectivity index is 1.85. The summed E-state index contributed by atoms with van der Waals surface area (Å²) in [6, 6.07) is 8.96. The third kappa shape index (κ3) is 4.11. The number of aryl methyl sites for hydroxylation is 1. The summed E-state index contributed by atoms with van der Waals surface area (Å²) in [6.45, 7) is 8.30. The molecule has 0 saturated heterocycles. The fraction of sp³-hybridized carbons (Fsp3) is 0.278. The lowest BCUT2D eigenvalue weighted by atomic mass is 9.93. The van der Waals surface area contributed by atoms with E-state index in [4.69, 9.17) is 0 Å². The van der Waals surface area contributed by atoms with Crippen molar-refractivity contribution in [3.05, 3.63) is 52.3 Å². The predicted molar refractivity (Wildman–Crippen MR) is 106 cm³/mol. The van der Waals surface area contributed by atoms with Crippen LogP contribution in [0.4, 0.5) is 5.69 Å². The highest BCUT2D eigenvalue weighted by atomic mass is 32.2. The van der Waals surface area contributed by atoms with E-state index in [-0.39, 0.29) is 9.62 Å². The average Bonchev–Trinajstić information content (AvgIpc) is 3.17. The van der Waals surface area contributed by atoms with Gasteiger partial charge < -0.3 is 0 Å². The third-order valence-electron chi connectivity index (χ3n) is 3.66. The number of nitrogens with zero attached hydrogens (tertiary/aromatic N) is 1. The molecule has 1 N–H and O–H groups in total. The van der Waals surface area contributed by atoms with Crippen LogP contribution in [0.1, 0.15) is 32.0 Å². The summed E-state index contributed by atoms with van der Waals surface area (Å²) in [5.41, 5.74) is 3.48. The molecule has 132 valence electrons. The van der Waals surface area contributed by atoms with Gasteiger partial charge in [-0.1, -0.05) is 38.5 Å². The number of hydrogen-bond acceptors (Lipinski definition) is 5. The maximum absolute atomic E-state index is 12.6. The molecule has 0 fully saturated rings. The molecule has 1 aromatic carbocycles. The van der Waals surface area contributed by atoms with Crippen molar-refractivity contribution in [1.82, 2.24) is 4.98 Å². The van der Waals surface area contributed by atoms with Crippen LogP contribution in [-0.2, 0) is 15.4 Å². The Labute approximate surface area is 156 Å². The minimum absolute atomic E-state index is 0.0212. The van der Waals surface area contributed by atoms with Crippen molar-refractivity contribution in [3.8, 4) is 10.6 Å². The second-order valence-corrected chi connectivity index (χ2v) is 10.6. The first-order chi connectivity index (χ1) is 11.6. The molecule has 0 bridgehead atoms. The van der Waals surface area contributed by atoms with E-state index in [1.165, 1.54) is 22.7 Å². The summed E-state index contributed by atoms with van der Waals surface area (Å²) in [6.07, 6.45) is 0. The normalized spacial score (nSPS) is 12.3. The van der Waals surface area contributed by atoms with Gasteiger partial charge in [0.25, 0.3) is 10.0 Å². The van der Waals surface area contributed by atoms with Gasteiger partial charge >= 0.3 is 0 Å². The monoisotopic (exact) mass is 392 g/mol. The highest BCUT2D eigenvalue weighted by molar-refractivity contribution is 7.94. The maximum atomic E-state index is 12.6. The van der Waals surface area contributed by atoms with Crippen LogP contribution < -0.4 is 4.72 Å². The van der Waals surface area contributed by atoms with Crippen LogP contribution in [0, 0.1) is 6.92 Å². The molecule has 0 unspecified atom stereocenters. The number of anilines is 1. The summed E-state index contributed by atoms with van der Waals surface area (Å²) in [7, 11) is -3.59. The molecule has 0 spiro atoms. The molecule has 2 heterocycles. The van der Waals surface area contributed by atoms with Crippen LogP contribution in [0.15, 0.2) is 45.3 Å². The molecule has 2 aromatic heterocycles. The van der Waals surface area contributed by atoms with Crippen molar-refractivity contribution in [2.75, 3.05) is 4.72 Å². The Bertz CT molecular complexity index is 978. The molecule has 0 aliphatic rings. The van der Waals surface area contributed by atoms with Gasteiger partial charge in [-0.3, -0.25) is 4.72 Å². The number of thiophene rings is 1. The first-order valence-electron chi connectivity index (χ1n) is 7.79. The standard InChI is InChI=1S/C18H20N2O2S3/c1-12-5-7-14(8-6-12)20-25(21,22)16-9-13(10-23-16)17-19-15(11-24-17)18(2,3)4/h5-11,20H,1-4H3. The fourth-order valence-corrected chi connectivity index (χ4v) is 5.48. The van der Waals surface area contributed by atoms with Crippen LogP contribution in [0.25, 0.3) is 10.6 Å². The Morgan fingerprint density at radius 1 is 1.04 bits per heavy atom. The number of aromatic nitrogens is 1. The molecule has 7 heteroatoms. The van der Waals surface area contributed by atoms with Gasteiger partial charge in [0.05, 0.1) is 5.69 Å². The number of hydrogen-bond donors (Lipinski definition) is 1. The summed E-state index contributed by atoms with van der Waals surface area (Å²) >= 11 is 2.75. The lowest BCUT2D eigenvalue weighted by Crippen LogP contribution is -2.11. The predicted octanol–water partition coefficient (Wildman–Crippen LogP) is 5.28. The minimum Gasteiger partial charge on any atom is -0.279 e. The van der Waals surface area contributed by atoms with Gasteiger partial charge in [0, 0.05) is 27.4 Å². The third-order valence-corrected chi connectivity index (χ3v) is 7.38. The Morgan fingerprint density at radius 3 is 2.32 bits per heavy atom. The van der Waals surface area contributed by atoms with Crippen molar-refractivity contribution in [1.29, 1.82) is 0 Å². The van der Waals surface area contributed by atoms with Crippen molar-refractivity contribution in [3.63, 3.8) is 0 Å². The second kappa shape index (κ2) is 6.55. The second-order valence-electron chi connectivity index (χ2n) is 6.91. The SMILES string of the molecule is Cc1ccc(NS(=O)(=O)c2cc(-c3nc(C(C)(C)C)cs3)cs2)cc1. The van der Waals surface area contributed by atoms with Gasteiger partial charge in [-0.2, -0.15) is 0 Å². The fourth-order valence-electron chi connectivity index (χ4n) is 2.15. The number of rotatable bonds is 4. The van der Waals surface area contributed by atoms with Crippen LogP contribution in [0.3, 0.4) is 0 Å². The van der Waals surface area contributed by atoms with E-state index in [1.807, 2.05) is 29.8 Å². The molecule has 0 aliphatic heterocycles. The molecule has 0 radical (unpaired) electrons. The molecule has 3 rings (SSSR count). The minimum atomic E-state index is -3.59. The summed E-state index contributed by atoms with van der Waals surface area (Å²) in [4.78, 5) is 4.65. The van der Waals surface area contributed by atoms with Gasteiger partial charge in [-0.05, 0) is 25.1 Å². The first kappa shape index (κ1) is 18.1. The molecular formula is C18H20N2O2S3. The van der Waals surface area contributed by atoms with Crippen molar-refractivity contribution in [2.45, 2.75) is 37.3 Å². The van der Waals surface area contributed by atoms with Crippen LogP contribution in [0.5, 0.6) is 0 Å². The van der Waals surface area contributed by atoms with Gasteiger partial charge in [0.15, 0.2) is 0 Å². The number of thiazole rings is 1. The average molecular weight is 393 g/mol. The zero-order valence-corrected chi connectivity index (χ0v) is 17.0. The van der Waals surface area contributed by atoms with Gasteiger partial charge in [-0.15, -0.1) is 22.7 Å². The molecule has 0 amide bonds. The Morgan fingerprint density at radius 2 is 1.72 bits per heavy atom. The van der Waals surface area contributed by atoms with E-state index in [2.05, 4.69) is 30.5 Å². The van der Waals surface area contributed by atoms with Crippen molar-refractivity contribution >= 4 is 38.4 Å². The van der Waals surface area contributed by atoms with Crippen LogP contribution >= 0.6 is 22.7 Å². The molecule has 25 heavy (non-hydrogen) atoms. The number of benzene rings is 1. The van der Waals surface area contributed by atoms with Crippen LogP contribution in [-0.4, -0.2) is 13.4 Å². The molecule has 4 nitrogen and oxygen atoms in total. The van der Waals surface area contributed by atoms with E-state index in [0.717, 1.165) is 21.8 Å². The summed E-state index contributed by atoms with van der Waals surface area (Å²) in [5.74, 6) is 0. The lowest BCUT2D eigenvalue weighted by molar-refractivity contribution is 0.573. The highest BCUT2D eigenvalue weighted by Crippen LogP contribution is 2.34.